The Balaban J connectivity index is 1.98. The summed E-state index contributed by atoms with van der Waals surface area (Å²) in [4.78, 5) is -1.44. The maximum Gasteiger partial charge on any atom is 0.264 e. The minimum Gasteiger partial charge on any atom is -0.495 e. The molecule has 0 saturated carbocycles. The van der Waals surface area contributed by atoms with Crippen LogP contribution in [0.3, 0.4) is 0 Å². The van der Waals surface area contributed by atoms with Crippen LogP contribution < -0.4 is 14.2 Å². The molecule has 0 saturated heterocycles. The molecule has 7 nitrogen and oxygen atoms in total. The second kappa shape index (κ2) is 8.71. The van der Waals surface area contributed by atoms with Crippen LogP contribution in [0.1, 0.15) is 5.56 Å². The van der Waals surface area contributed by atoms with Crippen molar-refractivity contribution < 1.29 is 34.7 Å². The number of para-hydroxylation sites is 2. The Morgan fingerprint density at radius 2 is 1.44 bits per heavy atom. The number of anilines is 2. The van der Waals surface area contributed by atoms with E-state index in [1.807, 2.05) is 4.72 Å². The average molecular weight is 486 g/mol. The van der Waals surface area contributed by atoms with Gasteiger partial charge in [0.05, 0.1) is 23.4 Å². The minimum atomic E-state index is -4.70. The molecule has 0 aliphatic heterocycles. The number of benzene rings is 3. The number of sulfonamides is 2. The zero-order valence-electron chi connectivity index (χ0n) is 16.7. The fourth-order valence-electron chi connectivity index (χ4n) is 2.73. The number of halogens is 3. The fraction of sp³-hybridized carbons (Fsp3) is 0.100. The normalized spacial score (nSPS) is 11.8. The molecule has 3 rings (SSSR count). The fourth-order valence-corrected chi connectivity index (χ4v) is 5.01. The minimum absolute atomic E-state index is 0.154. The molecule has 0 atom stereocenters. The van der Waals surface area contributed by atoms with Gasteiger partial charge in [0.2, 0.25) is 0 Å². The van der Waals surface area contributed by atoms with Crippen LogP contribution in [0.15, 0.2) is 64.4 Å². The lowest BCUT2D eigenvalue weighted by Gasteiger charge is -2.15. The first-order valence-electron chi connectivity index (χ1n) is 8.89. The predicted molar refractivity (Wildman–Crippen MR) is 112 cm³/mol. The SMILES string of the molecule is COc1ccccc1NS(=O)(=O)c1ccc(C)c(NS(=O)(=O)c2ccc(F)c(F)c2F)c1. The van der Waals surface area contributed by atoms with Crippen molar-refractivity contribution in [1.29, 1.82) is 0 Å². The van der Waals surface area contributed by atoms with Gasteiger partial charge in [-0.3, -0.25) is 9.44 Å². The highest BCUT2D eigenvalue weighted by Gasteiger charge is 2.25. The first-order chi connectivity index (χ1) is 15.0. The van der Waals surface area contributed by atoms with Crippen molar-refractivity contribution in [2.24, 2.45) is 0 Å². The van der Waals surface area contributed by atoms with E-state index in [4.69, 9.17) is 4.74 Å². The third-order valence-corrected chi connectivity index (χ3v) is 7.15. The summed E-state index contributed by atoms with van der Waals surface area (Å²) >= 11 is 0. The molecule has 3 aromatic carbocycles. The molecule has 0 fully saturated rings. The molecule has 0 bridgehead atoms. The summed E-state index contributed by atoms with van der Waals surface area (Å²) in [6.45, 7) is 1.48. The van der Waals surface area contributed by atoms with Gasteiger partial charge in [0.15, 0.2) is 17.5 Å². The lowest BCUT2D eigenvalue weighted by molar-refractivity contribution is 0.417. The van der Waals surface area contributed by atoms with E-state index in [0.717, 1.165) is 6.07 Å². The molecule has 2 N–H and O–H groups in total. The van der Waals surface area contributed by atoms with Gasteiger partial charge in [-0.1, -0.05) is 18.2 Å². The van der Waals surface area contributed by atoms with Crippen LogP contribution in [0.25, 0.3) is 0 Å². The monoisotopic (exact) mass is 486 g/mol. The summed E-state index contributed by atoms with van der Waals surface area (Å²) in [6.07, 6.45) is 0. The molecule has 0 aromatic heterocycles. The van der Waals surface area contributed by atoms with Crippen molar-refractivity contribution in [1.82, 2.24) is 0 Å². The summed E-state index contributed by atoms with van der Waals surface area (Å²) in [5, 5.41) is 0. The van der Waals surface area contributed by atoms with Gasteiger partial charge in [0, 0.05) is 0 Å². The molecule has 0 aliphatic rings. The molecule has 12 heteroatoms. The van der Waals surface area contributed by atoms with Crippen LogP contribution in [0.4, 0.5) is 24.5 Å². The second-order valence-electron chi connectivity index (χ2n) is 6.56. The maximum atomic E-state index is 14.0. The Kier molecular flexibility index (Phi) is 6.37. The molecule has 3 aromatic rings. The first kappa shape index (κ1) is 23.4. The molecule has 0 spiro atoms. The largest absolute Gasteiger partial charge is 0.495 e. The van der Waals surface area contributed by atoms with Gasteiger partial charge in [-0.25, -0.2) is 30.0 Å². The second-order valence-corrected chi connectivity index (χ2v) is 9.89. The molecule has 0 heterocycles. The standard InChI is InChI=1S/C20H17F3N2O5S2/c1-12-7-8-13(31(26,27)24-15-5-3-4-6-17(15)30-2)11-16(12)25-32(28,29)18-10-9-14(21)19(22)20(18)23/h3-11,24-25H,1-2H3. The number of hydrogen-bond donors (Lipinski definition) is 2. The number of methoxy groups -OCH3 is 1. The van der Waals surface area contributed by atoms with Crippen LogP contribution in [0.5, 0.6) is 5.75 Å². The highest BCUT2D eigenvalue weighted by atomic mass is 32.2. The molecule has 0 amide bonds. The van der Waals surface area contributed by atoms with Gasteiger partial charge in [0.1, 0.15) is 10.6 Å². The molecule has 170 valence electrons. The van der Waals surface area contributed by atoms with E-state index in [9.17, 15) is 30.0 Å². The predicted octanol–water partition coefficient (Wildman–Crippen LogP) is 4.02. The summed E-state index contributed by atoms with van der Waals surface area (Å²) in [5.74, 6) is -5.12. The van der Waals surface area contributed by atoms with E-state index in [-0.39, 0.29) is 22.0 Å². The highest BCUT2D eigenvalue weighted by Crippen LogP contribution is 2.29. The summed E-state index contributed by atoms with van der Waals surface area (Å²) < 4.78 is 101. The quantitative estimate of drug-likeness (QED) is 0.491. The van der Waals surface area contributed by atoms with Crippen LogP contribution >= 0.6 is 0 Å². The Labute approximate surface area is 183 Å². The molecular weight excluding hydrogens is 469 g/mol. The van der Waals surface area contributed by atoms with E-state index in [1.165, 1.54) is 32.2 Å². The smallest absolute Gasteiger partial charge is 0.264 e. The van der Waals surface area contributed by atoms with E-state index < -0.39 is 42.4 Å². The van der Waals surface area contributed by atoms with E-state index in [0.29, 0.717) is 17.7 Å². The number of ether oxygens (including phenoxy) is 1. The van der Waals surface area contributed by atoms with Crippen molar-refractivity contribution in [2.45, 2.75) is 16.7 Å². The molecular formula is C20H17F3N2O5S2. The number of nitrogens with one attached hydrogen (secondary N) is 2. The molecule has 0 unspecified atom stereocenters. The van der Waals surface area contributed by atoms with Gasteiger partial charge >= 0.3 is 0 Å². The van der Waals surface area contributed by atoms with Crippen LogP contribution in [-0.4, -0.2) is 23.9 Å². The van der Waals surface area contributed by atoms with Gasteiger partial charge in [-0.05, 0) is 48.9 Å². The lowest BCUT2D eigenvalue weighted by atomic mass is 10.2. The first-order valence-corrected chi connectivity index (χ1v) is 11.9. The number of aryl methyl sites for hydroxylation is 1. The average Bonchev–Trinajstić information content (AvgIpc) is 2.73. The zero-order valence-corrected chi connectivity index (χ0v) is 18.3. The third-order valence-electron chi connectivity index (χ3n) is 4.40. The van der Waals surface area contributed by atoms with Crippen molar-refractivity contribution in [3.63, 3.8) is 0 Å². The van der Waals surface area contributed by atoms with E-state index in [1.54, 1.807) is 18.2 Å². The highest BCUT2D eigenvalue weighted by molar-refractivity contribution is 7.93. The maximum absolute atomic E-state index is 14.0. The van der Waals surface area contributed by atoms with Crippen LogP contribution in [0.2, 0.25) is 0 Å². The number of rotatable bonds is 7. The van der Waals surface area contributed by atoms with Crippen molar-refractivity contribution >= 4 is 31.4 Å². The lowest BCUT2D eigenvalue weighted by Crippen LogP contribution is -2.18. The van der Waals surface area contributed by atoms with Crippen LogP contribution in [-0.2, 0) is 20.0 Å². The number of hydrogen-bond acceptors (Lipinski definition) is 5. The van der Waals surface area contributed by atoms with Gasteiger partial charge < -0.3 is 4.74 Å². The van der Waals surface area contributed by atoms with Crippen molar-refractivity contribution in [3.05, 3.63) is 77.6 Å². The Hall–Kier alpha value is -3.25. The molecule has 0 radical (unpaired) electrons. The third kappa shape index (κ3) is 4.65. The topological polar surface area (TPSA) is 102 Å². The van der Waals surface area contributed by atoms with Gasteiger partial charge in [-0.2, -0.15) is 0 Å². The van der Waals surface area contributed by atoms with Crippen molar-refractivity contribution in [2.75, 3.05) is 16.6 Å². The van der Waals surface area contributed by atoms with E-state index in [2.05, 4.69) is 4.72 Å². The van der Waals surface area contributed by atoms with Crippen molar-refractivity contribution in [3.8, 4) is 5.75 Å². The molecule has 0 aliphatic carbocycles. The van der Waals surface area contributed by atoms with Gasteiger partial charge in [-0.15, -0.1) is 0 Å². The zero-order chi connectivity index (χ0) is 23.7. The van der Waals surface area contributed by atoms with E-state index >= 15 is 0 Å². The summed E-state index contributed by atoms with van der Waals surface area (Å²) in [6, 6.07) is 10.9. The van der Waals surface area contributed by atoms with Gasteiger partial charge in [0.25, 0.3) is 20.0 Å². The summed E-state index contributed by atoms with van der Waals surface area (Å²) in [7, 11) is -7.51. The molecule has 32 heavy (non-hydrogen) atoms. The Morgan fingerprint density at radius 1 is 0.781 bits per heavy atom. The Bertz CT molecular complexity index is 1390. The Morgan fingerprint density at radius 3 is 2.12 bits per heavy atom. The summed E-state index contributed by atoms with van der Waals surface area (Å²) in [5.41, 5.74) is 0.256. The van der Waals surface area contributed by atoms with Crippen LogP contribution in [0, 0.1) is 24.4 Å².